The van der Waals surface area contributed by atoms with Crippen LogP contribution in [0, 0.1) is 13.8 Å². The maximum atomic E-state index is 9.99. The highest BCUT2D eigenvalue weighted by molar-refractivity contribution is 6.37. The van der Waals surface area contributed by atoms with Gasteiger partial charge in [-0.2, -0.15) is 0 Å². The number of nitrogens with zero attached hydrogens (tertiary/aromatic N) is 7. The summed E-state index contributed by atoms with van der Waals surface area (Å²) in [7, 11) is 0. The third kappa shape index (κ3) is 9.23. The van der Waals surface area contributed by atoms with E-state index in [0.717, 1.165) is 17.8 Å². The molecule has 10 heteroatoms. The summed E-state index contributed by atoms with van der Waals surface area (Å²) in [4.78, 5) is 28.5. The predicted octanol–water partition coefficient (Wildman–Crippen LogP) is 3.09. The number of aryl methyl sites for hydroxylation is 2. The van der Waals surface area contributed by atoms with Crippen molar-refractivity contribution in [3.63, 3.8) is 0 Å². The molecule has 0 saturated carbocycles. The molecule has 0 radical (unpaired) electrons. The van der Waals surface area contributed by atoms with Crippen molar-refractivity contribution in [1.82, 2.24) is 14.9 Å². The van der Waals surface area contributed by atoms with Gasteiger partial charge in [0.05, 0.1) is 44.3 Å². The van der Waals surface area contributed by atoms with Crippen LogP contribution in [-0.4, -0.2) is 99.9 Å². The molecule has 37 heavy (non-hydrogen) atoms. The van der Waals surface area contributed by atoms with Crippen molar-refractivity contribution in [2.75, 3.05) is 39.3 Å². The maximum Gasteiger partial charge on any atom is 0.142 e. The first-order valence-corrected chi connectivity index (χ1v) is 12.3. The molecule has 3 rings (SSSR count). The molecule has 2 aromatic heterocycles. The fraction of sp³-hybridized carbons (Fsp3) is 0.407. The summed E-state index contributed by atoms with van der Waals surface area (Å²) in [6.45, 7) is 9.24. The molecule has 0 spiro atoms. The van der Waals surface area contributed by atoms with Crippen molar-refractivity contribution in [1.29, 1.82) is 0 Å². The maximum absolute atomic E-state index is 9.99. The van der Waals surface area contributed by atoms with E-state index in [4.69, 9.17) is 0 Å². The Morgan fingerprint density at radius 3 is 1.81 bits per heavy atom. The molecule has 0 aliphatic carbocycles. The van der Waals surface area contributed by atoms with Gasteiger partial charge < -0.3 is 15.3 Å². The van der Waals surface area contributed by atoms with E-state index in [1.165, 1.54) is 0 Å². The van der Waals surface area contributed by atoms with Crippen LogP contribution in [0.5, 0.6) is 11.5 Å². The van der Waals surface area contributed by atoms with Crippen LogP contribution in [0.1, 0.15) is 36.1 Å². The molecule has 3 N–H and O–H groups in total. The van der Waals surface area contributed by atoms with Crippen LogP contribution in [0.2, 0.25) is 0 Å². The Morgan fingerprint density at radius 1 is 0.811 bits per heavy atom. The Labute approximate surface area is 217 Å². The second-order valence-corrected chi connectivity index (χ2v) is 8.85. The number of aromatic hydroxyl groups is 2. The minimum atomic E-state index is 0.0974. The molecule has 1 aliphatic rings. The van der Waals surface area contributed by atoms with Crippen LogP contribution in [0.3, 0.4) is 0 Å². The molecule has 0 saturated heterocycles. The Kier molecular flexibility index (Phi) is 10.5. The number of aliphatic hydroxyl groups excluding tert-OH is 1. The van der Waals surface area contributed by atoms with E-state index in [2.05, 4.69) is 34.8 Å². The first-order valence-electron chi connectivity index (χ1n) is 12.3. The van der Waals surface area contributed by atoms with Gasteiger partial charge in [-0.1, -0.05) is 0 Å². The van der Waals surface area contributed by atoms with Gasteiger partial charge in [-0.3, -0.25) is 24.9 Å². The van der Waals surface area contributed by atoms with E-state index < -0.39 is 0 Å². The number of pyridine rings is 2. The van der Waals surface area contributed by atoms with Crippen LogP contribution in [-0.2, 0) is 0 Å². The summed E-state index contributed by atoms with van der Waals surface area (Å²) in [6.07, 6.45) is 7.28. The molecule has 0 fully saturated rings. The Balaban J connectivity index is 1.57. The summed E-state index contributed by atoms with van der Waals surface area (Å²) in [5, 5.41) is 29.9. The first-order chi connectivity index (χ1) is 17.8. The molecular weight excluding hydrogens is 470 g/mol. The zero-order valence-electron chi connectivity index (χ0n) is 21.6. The normalized spacial score (nSPS) is 16.3. The van der Waals surface area contributed by atoms with Crippen LogP contribution >= 0.6 is 0 Å². The summed E-state index contributed by atoms with van der Waals surface area (Å²) in [5.74, 6) is 0.365. The van der Waals surface area contributed by atoms with Gasteiger partial charge in [0.15, 0.2) is 0 Å². The summed E-state index contributed by atoms with van der Waals surface area (Å²) >= 11 is 0. The van der Waals surface area contributed by atoms with E-state index in [-0.39, 0.29) is 23.3 Å². The number of allylic oxidation sites excluding steroid dienone is 1. The van der Waals surface area contributed by atoms with Crippen molar-refractivity contribution >= 4 is 24.4 Å². The van der Waals surface area contributed by atoms with Crippen molar-refractivity contribution < 1.29 is 15.3 Å². The van der Waals surface area contributed by atoms with E-state index in [0.29, 0.717) is 56.4 Å². The van der Waals surface area contributed by atoms with Gasteiger partial charge in [-0.05, 0) is 57.5 Å². The van der Waals surface area contributed by atoms with Crippen molar-refractivity contribution in [3.8, 4) is 11.5 Å². The number of aliphatic hydroxyl groups is 1. The molecular formula is C27H35N7O3. The molecule has 1 unspecified atom stereocenters. The van der Waals surface area contributed by atoms with E-state index in [9.17, 15) is 15.3 Å². The van der Waals surface area contributed by atoms with Crippen LogP contribution in [0.15, 0.2) is 56.1 Å². The summed E-state index contributed by atoms with van der Waals surface area (Å²) < 4.78 is 0. The minimum absolute atomic E-state index is 0.0974. The Hall–Kier alpha value is -3.92. The number of hydrogen-bond donors (Lipinski definition) is 3. The van der Waals surface area contributed by atoms with Gasteiger partial charge in [-0.25, -0.2) is 9.97 Å². The van der Waals surface area contributed by atoms with Gasteiger partial charge in [0.2, 0.25) is 0 Å². The fourth-order valence-electron chi connectivity index (χ4n) is 3.56. The lowest BCUT2D eigenvalue weighted by atomic mass is 10.1. The highest BCUT2D eigenvalue weighted by Crippen LogP contribution is 2.13. The van der Waals surface area contributed by atoms with E-state index >= 15 is 0 Å². The largest absolute Gasteiger partial charge is 0.506 e. The van der Waals surface area contributed by atoms with Crippen LogP contribution in [0.4, 0.5) is 0 Å². The number of aliphatic imine (C=N–C) groups is 4. The summed E-state index contributed by atoms with van der Waals surface area (Å²) in [6, 6.07) is 6.84. The van der Waals surface area contributed by atoms with Gasteiger partial charge in [-0.15, -0.1) is 0 Å². The zero-order chi connectivity index (χ0) is 26.6. The highest BCUT2D eigenvalue weighted by atomic mass is 16.3. The quantitative estimate of drug-likeness (QED) is 0.379. The molecule has 196 valence electrons. The molecule has 2 aromatic rings. The lowest BCUT2D eigenvalue weighted by molar-refractivity contribution is 0.298. The summed E-state index contributed by atoms with van der Waals surface area (Å²) in [5.41, 5.74) is 3.02. The van der Waals surface area contributed by atoms with E-state index in [1.54, 1.807) is 49.0 Å². The average molecular weight is 506 g/mol. The molecule has 10 nitrogen and oxygen atoms in total. The molecule has 1 aliphatic heterocycles. The minimum Gasteiger partial charge on any atom is -0.506 e. The molecule has 0 amide bonds. The number of dihydropyridines is 1. The molecule has 1 atom stereocenters. The zero-order valence-corrected chi connectivity index (χ0v) is 21.6. The number of hydrogen-bond acceptors (Lipinski definition) is 10. The second-order valence-electron chi connectivity index (χ2n) is 8.85. The molecule has 3 heterocycles. The van der Waals surface area contributed by atoms with Gasteiger partial charge in [0.1, 0.15) is 34.4 Å². The number of rotatable bonds is 12. The van der Waals surface area contributed by atoms with Crippen molar-refractivity contribution in [2.45, 2.75) is 33.2 Å². The third-order valence-electron chi connectivity index (χ3n) is 5.63. The van der Waals surface area contributed by atoms with Gasteiger partial charge in [0.25, 0.3) is 0 Å². The smallest absolute Gasteiger partial charge is 0.142 e. The third-order valence-corrected chi connectivity index (χ3v) is 5.63. The van der Waals surface area contributed by atoms with Crippen LogP contribution in [0.25, 0.3) is 0 Å². The lowest BCUT2D eigenvalue weighted by Crippen LogP contribution is -2.31. The van der Waals surface area contributed by atoms with Gasteiger partial charge >= 0.3 is 0 Å². The first kappa shape index (κ1) is 27.7. The van der Waals surface area contributed by atoms with E-state index in [1.807, 2.05) is 20.8 Å². The monoisotopic (exact) mass is 505 g/mol. The van der Waals surface area contributed by atoms with Gasteiger partial charge in [0, 0.05) is 31.0 Å². The Bertz CT molecular complexity index is 1140. The topological polar surface area (TPSA) is 139 Å². The fourth-order valence-corrected chi connectivity index (χ4v) is 3.56. The van der Waals surface area contributed by atoms with Crippen molar-refractivity contribution in [2.24, 2.45) is 20.0 Å². The molecule has 0 bridgehead atoms. The van der Waals surface area contributed by atoms with Crippen molar-refractivity contribution in [3.05, 3.63) is 58.9 Å². The second kappa shape index (κ2) is 14.0. The SMILES string of the molecule is Cc1ccc(O)c(C=NCCN(CCN=CC2=NC(C)CC=C2O)CCN=Cc2nc(C)ccc2O)n1. The Morgan fingerprint density at radius 2 is 1.30 bits per heavy atom. The predicted molar refractivity (Wildman–Crippen MR) is 148 cm³/mol. The molecule has 0 aromatic carbocycles. The standard InChI is InChI=1S/C27H35N7O3/c1-19-4-7-25(35)22(31-19)16-28-10-13-34(14-11-29-17-23-26(36)8-5-20(2)32-23)15-12-30-18-24-27(37)9-6-21(3)33-24/h4-5,7-9,16-18,21,35-37H,6,10-15H2,1-3H3. The lowest BCUT2D eigenvalue weighted by Gasteiger charge is -2.19. The highest BCUT2D eigenvalue weighted by Gasteiger charge is 2.11. The number of aromatic nitrogens is 2. The van der Waals surface area contributed by atoms with Crippen LogP contribution < -0.4 is 0 Å². The average Bonchev–Trinajstić information content (AvgIpc) is 2.87.